The topological polar surface area (TPSA) is 37.8 Å². The highest BCUT2D eigenvalue weighted by atomic mass is 35.5. The second kappa shape index (κ2) is 5.14. The zero-order valence-corrected chi connectivity index (χ0v) is 9.83. The molecule has 0 aliphatic heterocycles. The van der Waals surface area contributed by atoms with Crippen molar-refractivity contribution in [3.05, 3.63) is 52.1 Å². The van der Waals surface area contributed by atoms with Crippen LogP contribution in [0.1, 0.15) is 5.56 Å². The maximum atomic E-state index is 6.02. The molecule has 0 radical (unpaired) electrons. The highest BCUT2D eigenvalue weighted by Gasteiger charge is 1.99. The van der Waals surface area contributed by atoms with Gasteiger partial charge >= 0.3 is 0 Å². The van der Waals surface area contributed by atoms with E-state index < -0.39 is 0 Å². The van der Waals surface area contributed by atoms with Crippen molar-refractivity contribution in [1.82, 2.24) is 10.2 Å². The molecule has 0 atom stereocenters. The van der Waals surface area contributed by atoms with Gasteiger partial charge in [0.1, 0.15) is 5.82 Å². The summed E-state index contributed by atoms with van der Waals surface area (Å²) >= 11 is 11.7. The Kier molecular flexibility index (Phi) is 3.59. The minimum atomic E-state index is 0.378. The first kappa shape index (κ1) is 11.2. The molecule has 2 aromatic rings. The van der Waals surface area contributed by atoms with E-state index in [9.17, 15) is 0 Å². The number of nitrogens with one attached hydrogen (secondary N) is 1. The molecule has 5 heteroatoms. The zero-order chi connectivity index (χ0) is 11.4. The molecule has 0 aliphatic rings. The van der Waals surface area contributed by atoms with Crippen LogP contribution < -0.4 is 5.32 Å². The van der Waals surface area contributed by atoms with Crippen molar-refractivity contribution in [2.75, 3.05) is 5.32 Å². The fourth-order valence-electron chi connectivity index (χ4n) is 1.24. The van der Waals surface area contributed by atoms with Crippen LogP contribution in [-0.2, 0) is 6.54 Å². The Hall–Kier alpha value is -1.32. The quantitative estimate of drug-likeness (QED) is 0.912. The number of anilines is 1. The zero-order valence-electron chi connectivity index (χ0n) is 8.32. The number of aromatic nitrogens is 2. The highest BCUT2D eigenvalue weighted by molar-refractivity contribution is 6.31. The summed E-state index contributed by atoms with van der Waals surface area (Å²) in [5.74, 6) is 0.671. The van der Waals surface area contributed by atoms with E-state index in [-0.39, 0.29) is 0 Å². The lowest BCUT2D eigenvalue weighted by Crippen LogP contribution is -2.02. The molecular formula is C11H9Cl2N3. The van der Waals surface area contributed by atoms with Gasteiger partial charge in [-0.25, -0.2) is 0 Å². The SMILES string of the molecule is Clc1ccc(NCc2ccccc2Cl)nn1. The highest BCUT2D eigenvalue weighted by Crippen LogP contribution is 2.16. The summed E-state index contributed by atoms with van der Waals surface area (Å²) in [4.78, 5) is 0. The molecule has 1 aromatic carbocycles. The number of nitrogens with zero attached hydrogens (tertiary/aromatic N) is 2. The van der Waals surface area contributed by atoms with Crippen molar-refractivity contribution in [2.45, 2.75) is 6.54 Å². The molecule has 3 nitrogen and oxygen atoms in total. The van der Waals surface area contributed by atoms with Gasteiger partial charge in [0, 0.05) is 11.6 Å². The molecule has 0 unspecified atom stereocenters. The Morgan fingerprint density at radius 1 is 1.00 bits per heavy atom. The Labute approximate surface area is 103 Å². The van der Waals surface area contributed by atoms with Gasteiger partial charge in [0.2, 0.25) is 0 Å². The molecule has 1 heterocycles. The number of halogens is 2. The van der Waals surface area contributed by atoms with Crippen LogP contribution in [0.2, 0.25) is 10.2 Å². The predicted octanol–water partition coefficient (Wildman–Crippen LogP) is 3.40. The van der Waals surface area contributed by atoms with Crippen LogP contribution in [0.25, 0.3) is 0 Å². The fraction of sp³-hybridized carbons (Fsp3) is 0.0909. The van der Waals surface area contributed by atoms with Crippen LogP contribution in [0.4, 0.5) is 5.82 Å². The van der Waals surface area contributed by atoms with Crippen molar-refractivity contribution in [3.8, 4) is 0 Å². The van der Waals surface area contributed by atoms with Gasteiger partial charge in [0.15, 0.2) is 5.15 Å². The van der Waals surface area contributed by atoms with Crippen LogP contribution in [-0.4, -0.2) is 10.2 Å². The van der Waals surface area contributed by atoms with E-state index in [0.29, 0.717) is 17.5 Å². The maximum absolute atomic E-state index is 6.02. The summed E-state index contributed by atoms with van der Waals surface area (Å²) in [5, 5.41) is 11.8. The molecular weight excluding hydrogens is 245 g/mol. The van der Waals surface area contributed by atoms with Crippen molar-refractivity contribution >= 4 is 29.0 Å². The minimum Gasteiger partial charge on any atom is -0.364 e. The molecule has 0 saturated carbocycles. The van der Waals surface area contributed by atoms with E-state index in [0.717, 1.165) is 10.6 Å². The summed E-state index contributed by atoms with van der Waals surface area (Å²) in [7, 11) is 0. The smallest absolute Gasteiger partial charge is 0.151 e. The first-order valence-corrected chi connectivity index (χ1v) is 5.48. The standard InChI is InChI=1S/C11H9Cl2N3/c12-9-4-2-1-3-8(9)7-14-11-6-5-10(13)15-16-11/h1-6H,7H2,(H,14,16). The molecule has 1 aromatic heterocycles. The van der Waals surface area contributed by atoms with Crippen LogP contribution in [0.5, 0.6) is 0 Å². The lowest BCUT2D eigenvalue weighted by Gasteiger charge is -2.06. The van der Waals surface area contributed by atoms with Crippen molar-refractivity contribution < 1.29 is 0 Å². The van der Waals surface area contributed by atoms with Crippen LogP contribution in [0, 0.1) is 0 Å². The molecule has 0 spiro atoms. The van der Waals surface area contributed by atoms with Crippen LogP contribution in [0.15, 0.2) is 36.4 Å². The number of benzene rings is 1. The molecule has 82 valence electrons. The fourth-order valence-corrected chi connectivity index (χ4v) is 1.54. The van der Waals surface area contributed by atoms with Gasteiger partial charge in [-0.2, -0.15) is 0 Å². The van der Waals surface area contributed by atoms with E-state index >= 15 is 0 Å². The van der Waals surface area contributed by atoms with E-state index in [2.05, 4.69) is 15.5 Å². The second-order valence-electron chi connectivity index (χ2n) is 3.19. The van der Waals surface area contributed by atoms with Gasteiger partial charge in [-0.1, -0.05) is 41.4 Å². The second-order valence-corrected chi connectivity index (χ2v) is 3.98. The first-order chi connectivity index (χ1) is 7.75. The minimum absolute atomic E-state index is 0.378. The summed E-state index contributed by atoms with van der Waals surface area (Å²) in [5.41, 5.74) is 1.01. The van der Waals surface area contributed by atoms with Gasteiger partial charge in [-0.15, -0.1) is 10.2 Å². The molecule has 0 bridgehead atoms. The van der Waals surface area contributed by atoms with Gasteiger partial charge in [0.05, 0.1) is 0 Å². The summed E-state index contributed by atoms with van der Waals surface area (Å²) < 4.78 is 0. The first-order valence-electron chi connectivity index (χ1n) is 4.72. The van der Waals surface area contributed by atoms with Gasteiger partial charge in [0.25, 0.3) is 0 Å². The number of hydrogen-bond acceptors (Lipinski definition) is 3. The normalized spacial score (nSPS) is 10.1. The summed E-state index contributed by atoms with van der Waals surface area (Å²) in [6.07, 6.45) is 0. The lowest BCUT2D eigenvalue weighted by atomic mass is 10.2. The average molecular weight is 254 g/mol. The lowest BCUT2D eigenvalue weighted by molar-refractivity contribution is 1.00. The molecule has 0 fully saturated rings. The Bertz CT molecular complexity index is 471. The molecule has 16 heavy (non-hydrogen) atoms. The third kappa shape index (κ3) is 2.84. The third-order valence-electron chi connectivity index (χ3n) is 2.05. The third-order valence-corrected chi connectivity index (χ3v) is 2.62. The molecule has 1 N–H and O–H groups in total. The van der Waals surface area contributed by atoms with Crippen LogP contribution in [0.3, 0.4) is 0 Å². The van der Waals surface area contributed by atoms with Crippen molar-refractivity contribution in [2.24, 2.45) is 0 Å². The summed E-state index contributed by atoms with van der Waals surface area (Å²) in [6.45, 7) is 0.607. The maximum Gasteiger partial charge on any atom is 0.151 e. The largest absolute Gasteiger partial charge is 0.364 e. The van der Waals surface area contributed by atoms with Crippen molar-refractivity contribution in [3.63, 3.8) is 0 Å². The number of hydrogen-bond donors (Lipinski definition) is 1. The Balaban J connectivity index is 2.02. The molecule has 0 aliphatic carbocycles. The average Bonchev–Trinajstić information content (AvgIpc) is 2.30. The van der Waals surface area contributed by atoms with E-state index in [1.807, 2.05) is 24.3 Å². The van der Waals surface area contributed by atoms with Gasteiger partial charge < -0.3 is 5.32 Å². The molecule has 0 amide bonds. The monoisotopic (exact) mass is 253 g/mol. The van der Waals surface area contributed by atoms with E-state index in [1.165, 1.54) is 0 Å². The Morgan fingerprint density at radius 3 is 2.50 bits per heavy atom. The summed E-state index contributed by atoms with van der Waals surface area (Å²) in [6, 6.07) is 11.1. The van der Waals surface area contributed by atoms with Crippen molar-refractivity contribution in [1.29, 1.82) is 0 Å². The van der Waals surface area contributed by atoms with Crippen LogP contribution >= 0.6 is 23.2 Å². The van der Waals surface area contributed by atoms with Gasteiger partial charge in [-0.05, 0) is 23.8 Å². The molecule has 0 saturated heterocycles. The predicted molar refractivity (Wildman–Crippen MR) is 65.8 cm³/mol. The molecule has 2 rings (SSSR count). The van der Waals surface area contributed by atoms with Gasteiger partial charge in [-0.3, -0.25) is 0 Å². The number of rotatable bonds is 3. The van der Waals surface area contributed by atoms with E-state index in [4.69, 9.17) is 23.2 Å². The van der Waals surface area contributed by atoms with E-state index in [1.54, 1.807) is 12.1 Å². The Morgan fingerprint density at radius 2 is 1.81 bits per heavy atom.